The smallest absolute Gasteiger partial charge is 0.327 e. The monoisotopic (exact) mass is 329 g/mol. The van der Waals surface area contributed by atoms with E-state index < -0.39 is 40.2 Å². The molecule has 0 unspecified atom stereocenters. The lowest BCUT2D eigenvalue weighted by atomic mass is 9.92. The fourth-order valence-corrected chi connectivity index (χ4v) is 2.24. The average Bonchev–Trinajstić information content (AvgIpc) is 2.45. The summed E-state index contributed by atoms with van der Waals surface area (Å²) in [5.74, 6) is -0.915. The maximum atomic E-state index is 13.1. The fourth-order valence-electron chi connectivity index (χ4n) is 2.24. The Kier molecular flexibility index (Phi) is 4.08. The van der Waals surface area contributed by atoms with E-state index in [1.54, 1.807) is 5.32 Å². The van der Waals surface area contributed by atoms with Crippen LogP contribution < -0.4 is 10.6 Å². The second-order valence-corrected chi connectivity index (χ2v) is 4.73. The van der Waals surface area contributed by atoms with Gasteiger partial charge in [-0.3, -0.25) is 14.9 Å². The van der Waals surface area contributed by atoms with Gasteiger partial charge in [0.15, 0.2) is 5.78 Å². The third kappa shape index (κ3) is 3.30. The summed E-state index contributed by atoms with van der Waals surface area (Å²) in [7, 11) is 0. The first-order valence-corrected chi connectivity index (χ1v) is 6.25. The summed E-state index contributed by atoms with van der Waals surface area (Å²) in [5.41, 5.74) is -2.55. The third-order valence-corrected chi connectivity index (χ3v) is 3.15. The molecule has 1 aliphatic rings. The Morgan fingerprint density at radius 2 is 2.00 bits per heavy atom. The third-order valence-electron chi connectivity index (χ3n) is 3.15. The number of benzene rings is 1. The van der Waals surface area contributed by atoms with Crippen LogP contribution in [0.3, 0.4) is 0 Å². The number of nitrogens with one attached hydrogen (secondary N) is 2. The van der Waals surface area contributed by atoms with Crippen molar-refractivity contribution < 1.29 is 27.7 Å². The number of carbonyl (C=O) groups is 2. The molecule has 122 valence electrons. The first-order valence-electron chi connectivity index (χ1n) is 6.25. The molecule has 10 heteroatoms. The number of amides is 2. The van der Waals surface area contributed by atoms with Crippen LogP contribution in [0.1, 0.15) is 18.5 Å². The van der Waals surface area contributed by atoms with Gasteiger partial charge in [0, 0.05) is 12.1 Å². The number of non-ortho nitro benzene ring substituents is 1. The molecule has 0 radical (unpaired) electrons. The second kappa shape index (κ2) is 5.71. The highest BCUT2D eigenvalue weighted by Crippen LogP contribution is 2.35. The number of alkyl halides is 3. The lowest BCUT2D eigenvalue weighted by Gasteiger charge is -2.29. The van der Waals surface area contributed by atoms with Crippen LogP contribution in [0.15, 0.2) is 35.5 Å². The van der Waals surface area contributed by atoms with Gasteiger partial charge in [0.2, 0.25) is 0 Å². The van der Waals surface area contributed by atoms with E-state index in [-0.39, 0.29) is 11.3 Å². The van der Waals surface area contributed by atoms with Gasteiger partial charge in [0.05, 0.1) is 16.5 Å². The van der Waals surface area contributed by atoms with Gasteiger partial charge in [-0.25, -0.2) is 4.79 Å². The molecule has 1 heterocycles. The number of nitro groups is 1. The Morgan fingerprint density at radius 3 is 2.52 bits per heavy atom. The molecular weight excluding hydrogens is 319 g/mol. The van der Waals surface area contributed by atoms with Gasteiger partial charge in [-0.1, -0.05) is 12.1 Å². The van der Waals surface area contributed by atoms with E-state index in [1.807, 2.05) is 0 Å². The molecule has 0 bridgehead atoms. The van der Waals surface area contributed by atoms with Crippen LogP contribution >= 0.6 is 0 Å². The summed E-state index contributed by atoms with van der Waals surface area (Å²) >= 11 is 0. The van der Waals surface area contributed by atoms with Gasteiger partial charge >= 0.3 is 12.2 Å². The lowest BCUT2D eigenvalue weighted by molar-refractivity contribution is -0.384. The number of allylic oxidation sites excluding steroid dienone is 1. The molecular formula is C13H10F3N3O4. The van der Waals surface area contributed by atoms with E-state index in [1.165, 1.54) is 12.1 Å². The van der Waals surface area contributed by atoms with Crippen LogP contribution in [0.4, 0.5) is 23.7 Å². The maximum absolute atomic E-state index is 13.1. The van der Waals surface area contributed by atoms with Crippen LogP contribution in [-0.4, -0.2) is 22.9 Å². The minimum atomic E-state index is -4.95. The normalized spacial score (nSPS) is 18.3. The molecule has 23 heavy (non-hydrogen) atoms. The lowest BCUT2D eigenvalue weighted by Crippen LogP contribution is -2.48. The van der Waals surface area contributed by atoms with E-state index in [0.717, 1.165) is 19.1 Å². The zero-order valence-corrected chi connectivity index (χ0v) is 11.6. The summed E-state index contributed by atoms with van der Waals surface area (Å²) in [6.45, 7) is 0.921. The molecule has 2 rings (SSSR count). The van der Waals surface area contributed by atoms with Gasteiger partial charge in [0.1, 0.15) is 5.70 Å². The number of nitrogens with zero attached hydrogens (tertiary/aromatic N) is 1. The van der Waals surface area contributed by atoms with Crippen molar-refractivity contribution in [1.29, 1.82) is 0 Å². The molecule has 0 aromatic heterocycles. The number of urea groups is 1. The first kappa shape index (κ1) is 16.5. The van der Waals surface area contributed by atoms with Crippen molar-refractivity contribution in [3.63, 3.8) is 0 Å². The molecule has 0 aliphatic carbocycles. The topological polar surface area (TPSA) is 101 Å². The van der Waals surface area contributed by atoms with E-state index in [9.17, 15) is 32.9 Å². The van der Waals surface area contributed by atoms with Crippen molar-refractivity contribution in [3.05, 3.63) is 51.2 Å². The highest BCUT2D eigenvalue weighted by atomic mass is 19.4. The molecule has 1 aliphatic heterocycles. The highest BCUT2D eigenvalue weighted by molar-refractivity contribution is 5.98. The molecule has 0 fully saturated rings. The molecule has 0 spiro atoms. The van der Waals surface area contributed by atoms with E-state index in [0.29, 0.717) is 0 Å². The highest BCUT2D eigenvalue weighted by Gasteiger charge is 2.44. The summed E-state index contributed by atoms with van der Waals surface area (Å²) in [5, 5.41) is 14.5. The largest absolute Gasteiger partial charge is 0.431 e. The molecule has 1 aromatic carbocycles. The zero-order chi connectivity index (χ0) is 17.4. The predicted molar refractivity (Wildman–Crippen MR) is 71.3 cm³/mol. The maximum Gasteiger partial charge on any atom is 0.431 e. The molecule has 2 N–H and O–H groups in total. The Labute approximate surface area is 127 Å². The Balaban J connectivity index is 2.63. The number of halogens is 3. The summed E-state index contributed by atoms with van der Waals surface area (Å²) in [6.07, 6.45) is -4.95. The Bertz CT molecular complexity index is 727. The molecule has 7 nitrogen and oxygen atoms in total. The van der Waals surface area contributed by atoms with Crippen molar-refractivity contribution in [1.82, 2.24) is 10.6 Å². The van der Waals surface area contributed by atoms with Crippen molar-refractivity contribution in [2.24, 2.45) is 0 Å². The quantitative estimate of drug-likeness (QED) is 0.656. The van der Waals surface area contributed by atoms with Gasteiger partial charge in [-0.05, 0) is 12.5 Å². The van der Waals surface area contributed by atoms with Crippen LogP contribution in [0.25, 0.3) is 0 Å². The predicted octanol–water partition coefficient (Wildman–Crippen LogP) is 2.35. The standard InChI is InChI=1S/C13H10F3N3O4/c1-6(20)9-10(7-3-2-4-8(5-7)19(22)23)17-12(21)18-11(9)13(14,15)16/h2-5,10H,1H3,(H2,17,18,21)/t10-/m1/s1. The minimum absolute atomic E-state index is 0.000926. The van der Waals surface area contributed by atoms with Crippen LogP contribution in [0.2, 0.25) is 0 Å². The van der Waals surface area contributed by atoms with Gasteiger partial charge in [-0.15, -0.1) is 0 Å². The van der Waals surface area contributed by atoms with Crippen LogP contribution in [-0.2, 0) is 4.79 Å². The van der Waals surface area contributed by atoms with E-state index in [4.69, 9.17) is 0 Å². The van der Waals surface area contributed by atoms with Gasteiger partial charge in [-0.2, -0.15) is 13.2 Å². The summed E-state index contributed by atoms with van der Waals surface area (Å²) in [6, 6.07) is 2.12. The van der Waals surface area contributed by atoms with Gasteiger partial charge in [0.25, 0.3) is 5.69 Å². The summed E-state index contributed by atoms with van der Waals surface area (Å²) in [4.78, 5) is 33.2. The second-order valence-electron chi connectivity index (χ2n) is 4.73. The SMILES string of the molecule is CC(=O)C1=C(C(F)(F)F)NC(=O)N[C@@H]1c1cccc([N+](=O)[O-])c1. The Hall–Kier alpha value is -2.91. The number of hydrogen-bond donors (Lipinski definition) is 2. The molecule has 0 saturated carbocycles. The number of ketones is 1. The molecule has 1 aromatic rings. The van der Waals surface area contributed by atoms with Crippen molar-refractivity contribution in [3.8, 4) is 0 Å². The number of rotatable bonds is 3. The number of hydrogen-bond acceptors (Lipinski definition) is 4. The van der Waals surface area contributed by atoms with Crippen molar-refractivity contribution in [2.45, 2.75) is 19.1 Å². The molecule has 2 amide bonds. The average molecular weight is 329 g/mol. The molecule has 0 saturated heterocycles. The number of Topliss-reactive ketones (excluding diaryl/α,β-unsaturated/α-hetero) is 1. The number of carbonyl (C=O) groups excluding carboxylic acids is 2. The Morgan fingerprint density at radius 1 is 1.35 bits per heavy atom. The zero-order valence-electron chi connectivity index (χ0n) is 11.6. The minimum Gasteiger partial charge on any atom is -0.327 e. The van der Waals surface area contributed by atoms with Crippen molar-refractivity contribution >= 4 is 17.5 Å². The van der Waals surface area contributed by atoms with Crippen LogP contribution in [0, 0.1) is 10.1 Å². The van der Waals surface area contributed by atoms with Crippen LogP contribution in [0.5, 0.6) is 0 Å². The van der Waals surface area contributed by atoms with Crippen molar-refractivity contribution in [2.75, 3.05) is 0 Å². The van der Waals surface area contributed by atoms with E-state index in [2.05, 4.69) is 5.32 Å². The first-order chi connectivity index (χ1) is 10.6. The molecule has 1 atom stereocenters. The van der Waals surface area contributed by atoms with E-state index >= 15 is 0 Å². The summed E-state index contributed by atoms with van der Waals surface area (Å²) < 4.78 is 39.2. The van der Waals surface area contributed by atoms with Gasteiger partial charge < -0.3 is 10.6 Å². The number of nitro benzene ring substituents is 1. The fraction of sp³-hybridized carbons (Fsp3) is 0.231.